The molecule has 0 fully saturated rings. The predicted molar refractivity (Wildman–Crippen MR) is 81.2 cm³/mol. The molecule has 0 bridgehead atoms. The molecule has 3 rings (SSSR count). The lowest BCUT2D eigenvalue weighted by molar-refractivity contribution is 0.888. The lowest BCUT2D eigenvalue weighted by Gasteiger charge is -2.13. The van der Waals surface area contributed by atoms with Crippen LogP contribution < -0.4 is 11.3 Å². The summed E-state index contributed by atoms with van der Waals surface area (Å²) in [5.74, 6) is 0.655. The summed E-state index contributed by atoms with van der Waals surface area (Å²) in [5.41, 5.74) is 8.89. The molecule has 1 heterocycles. The van der Waals surface area contributed by atoms with Crippen LogP contribution in [0, 0.1) is 13.8 Å². The van der Waals surface area contributed by atoms with Gasteiger partial charge in [0.1, 0.15) is 5.82 Å². The minimum absolute atomic E-state index is 0.0678. The van der Waals surface area contributed by atoms with Crippen molar-refractivity contribution in [3.63, 3.8) is 0 Å². The first-order valence-corrected chi connectivity index (χ1v) is 6.43. The molecule has 0 unspecified atom stereocenters. The molecule has 4 nitrogen and oxygen atoms in total. The second-order valence-corrected chi connectivity index (χ2v) is 4.86. The number of hydrogen-bond acceptors (Lipinski definition) is 3. The van der Waals surface area contributed by atoms with Crippen LogP contribution in [0.1, 0.15) is 11.4 Å². The molecule has 3 aromatic rings. The molecule has 0 atom stereocenters. The fourth-order valence-corrected chi connectivity index (χ4v) is 2.39. The summed E-state index contributed by atoms with van der Waals surface area (Å²) in [6.45, 7) is 3.78. The maximum absolute atomic E-state index is 12.7. The molecule has 0 aliphatic rings. The van der Waals surface area contributed by atoms with Crippen LogP contribution in [0.2, 0.25) is 0 Å². The Bertz CT molecular complexity index is 865. The highest BCUT2D eigenvalue weighted by atomic mass is 16.1. The molecule has 2 N–H and O–H groups in total. The van der Waals surface area contributed by atoms with Crippen molar-refractivity contribution in [3.05, 3.63) is 64.2 Å². The molecule has 0 saturated carbocycles. The SMILES string of the molecule is Cc1ccc(N)cc1-n1c(C)nc2ccccc2c1=O. The van der Waals surface area contributed by atoms with Crippen LogP contribution >= 0.6 is 0 Å². The Hall–Kier alpha value is -2.62. The van der Waals surface area contributed by atoms with Crippen LogP contribution in [0.5, 0.6) is 0 Å². The second-order valence-electron chi connectivity index (χ2n) is 4.86. The predicted octanol–water partition coefficient (Wildman–Crippen LogP) is 2.58. The monoisotopic (exact) mass is 265 g/mol. The molecule has 2 aromatic carbocycles. The van der Waals surface area contributed by atoms with Gasteiger partial charge in [-0.3, -0.25) is 9.36 Å². The summed E-state index contributed by atoms with van der Waals surface area (Å²) in [5, 5.41) is 0.611. The average molecular weight is 265 g/mol. The zero-order valence-electron chi connectivity index (χ0n) is 11.4. The lowest BCUT2D eigenvalue weighted by atomic mass is 10.1. The Balaban J connectivity index is 2.42. The Morgan fingerprint density at radius 1 is 1.10 bits per heavy atom. The van der Waals surface area contributed by atoms with Crippen LogP contribution in [-0.2, 0) is 0 Å². The van der Waals surface area contributed by atoms with Gasteiger partial charge in [0.05, 0.1) is 16.6 Å². The molecule has 1 aromatic heterocycles. The second kappa shape index (κ2) is 4.49. The summed E-state index contributed by atoms with van der Waals surface area (Å²) in [4.78, 5) is 17.2. The Kier molecular flexibility index (Phi) is 2.79. The molecule has 4 heteroatoms. The molecule has 0 saturated heterocycles. The number of nitrogens with two attached hydrogens (primary N) is 1. The zero-order valence-corrected chi connectivity index (χ0v) is 11.4. The van der Waals surface area contributed by atoms with Crippen molar-refractivity contribution in [2.24, 2.45) is 0 Å². The first-order chi connectivity index (χ1) is 9.58. The lowest BCUT2D eigenvalue weighted by Crippen LogP contribution is -2.23. The first-order valence-electron chi connectivity index (χ1n) is 6.43. The van der Waals surface area contributed by atoms with Gasteiger partial charge in [-0.2, -0.15) is 0 Å². The van der Waals surface area contributed by atoms with E-state index in [1.807, 2.05) is 44.2 Å². The zero-order chi connectivity index (χ0) is 14.3. The molecule has 100 valence electrons. The van der Waals surface area contributed by atoms with Gasteiger partial charge in [-0.25, -0.2) is 4.98 Å². The largest absolute Gasteiger partial charge is 0.399 e. The molecule has 0 aliphatic heterocycles. The van der Waals surface area contributed by atoms with E-state index in [0.29, 0.717) is 22.4 Å². The van der Waals surface area contributed by atoms with Crippen LogP contribution in [0.15, 0.2) is 47.3 Å². The summed E-state index contributed by atoms with van der Waals surface area (Å²) in [6, 6.07) is 12.9. The van der Waals surface area contributed by atoms with Gasteiger partial charge in [-0.05, 0) is 43.7 Å². The van der Waals surface area contributed by atoms with E-state index in [1.165, 1.54) is 0 Å². The van der Waals surface area contributed by atoms with Gasteiger partial charge in [-0.15, -0.1) is 0 Å². The number of aromatic nitrogens is 2. The van der Waals surface area contributed by atoms with E-state index in [9.17, 15) is 4.79 Å². The van der Waals surface area contributed by atoms with Crippen LogP contribution in [0.25, 0.3) is 16.6 Å². The normalized spacial score (nSPS) is 10.9. The van der Waals surface area contributed by atoms with Crippen LogP contribution in [0.4, 0.5) is 5.69 Å². The van der Waals surface area contributed by atoms with Gasteiger partial charge in [-0.1, -0.05) is 18.2 Å². The van der Waals surface area contributed by atoms with Crippen molar-refractivity contribution in [3.8, 4) is 5.69 Å². The third-order valence-electron chi connectivity index (χ3n) is 3.42. The van der Waals surface area contributed by atoms with Crippen molar-refractivity contribution in [2.75, 3.05) is 5.73 Å². The quantitative estimate of drug-likeness (QED) is 0.688. The number of nitrogen functional groups attached to an aromatic ring is 1. The molecule has 0 spiro atoms. The van der Waals surface area contributed by atoms with E-state index in [-0.39, 0.29) is 5.56 Å². The van der Waals surface area contributed by atoms with E-state index in [0.717, 1.165) is 11.3 Å². The minimum atomic E-state index is -0.0678. The fourth-order valence-electron chi connectivity index (χ4n) is 2.39. The Morgan fingerprint density at radius 3 is 2.65 bits per heavy atom. The number of anilines is 1. The van der Waals surface area contributed by atoms with Crippen molar-refractivity contribution in [2.45, 2.75) is 13.8 Å². The van der Waals surface area contributed by atoms with Crippen molar-refractivity contribution < 1.29 is 0 Å². The van der Waals surface area contributed by atoms with Gasteiger partial charge in [0, 0.05) is 5.69 Å². The van der Waals surface area contributed by atoms with Gasteiger partial charge in [0.2, 0.25) is 0 Å². The molecule has 0 radical (unpaired) electrons. The topological polar surface area (TPSA) is 60.9 Å². The summed E-state index contributed by atoms with van der Waals surface area (Å²) in [6.07, 6.45) is 0. The highest BCUT2D eigenvalue weighted by Gasteiger charge is 2.11. The molecular weight excluding hydrogens is 250 g/mol. The summed E-state index contributed by atoms with van der Waals surface area (Å²) in [7, 11) is 0. The molecule has 0 amide bonds. The van der Waals surface area contributed by atoms with Crippen molar-refractivity contribution >= 4 is 16.6 Å². The number of benzene rings is 2. The highest BCUT2D eigenvalue weighted by molar-refractivity contribution is 5.78. The van der Waals surface area contributed by atoms with Crippen LogP contribution in [0.3, 0.4) is 0 Å². The van der Waals surface area contributed by atoms with Crippen molar-refractivity contribution in [1.29, 1.82) is 0 Å². The van der Waals surface area contributed by atoms with Gasteiger partial charge < -0.3 is 5.73 Å². The standard InChI is InChI=1S/C16H15N3O/c1-10-7-8-12(17)9-15(10)19-11(2)18-14-6-4-3-5-13(14)16(19)20/h3-9H,17H2,1-2H3. The van der Waals surface area contributed by atoms with Gasteiger partial charge >= 0.3 is 0 Å². The minimum Gasteiger partial charge on any atom is -0.399 e. The number of fused-ring (bicyclic) bond motifs is 1. The highest BCUT2D eigenvalue weighted by Crippen LogP contribution is 2.18. The first kappa shape index (κ1) is 12.4. The van der Waals surface area contributed by atoms with E-state index in [4.69, 9.17) is 5.73 Å². The van der Waals surface area contributed by atoms with E-state index in [2.05, 4.69) is 4.98 Å². The number of aryl methyl sites for hydroxylation is 2. The van der Waals surface area contributed by atoms with Crippen molar-refractivity contribution in [1.82, 2.24) is 9.55 Å². The Morgan fingerprint density at radius 2 is 1.85 bits per heavy atom. The van der Waals surface area contributed by atoms with E-state index >= 15 is 0 Å². The smallest absolute Gasteiger partial charge is 0.265 e. The van der Waals surface area contributed by atoms with Gasteiger partial charge in [0.15, 0.2) is 0 Å². The molecular formula is C16H15N3O. The number of hydrogen-bond donors (Lipinski definition) is 1. The maximum atomic E-state index is 12.7. The summed E-state index contributed by atoms with van der Waals surface area (Å²) >= 11 is 0. The van der Waals surface area contributed by atoms with Gasteiger partial charge in [0.25, 0.3) is 5.56 Å². The van der Waals surface area contributed by atoms with E-state index in [1.54, 1.807) is 16.7 Å². The maximum Gasteiger partial charge on any atom is 0.265 e. The number of para-hydroxylation sites is 1. The third kappa shape index (κ3) is 1.86. The number of nitrogens with zero attached hydrogens (tertiary/aromatic N) is 2. The average Bonchev–Trinajstić information content (AvgIpc) is 2.42. The van der Waals surface area contributed by atoms with Crippen LogP contribution in [-0.4, -0.2) is 9.55 Å². The number of rotatable bonds is 1. The summed E-state index contributed by atoms with van der Waals surface area (Å²) < 4.78 is 1.62. The third-order valence-corrected chi connectivity index (χ3v) is 3.42. The molecule has 0 aliphatic carbocycles. The fraction of sp³-hybridized carbons (Fsp3) is 0.125. The molecule has 20 heavy (non-hydrogen) atoms. The van der Waals surface area contributed by atoms with E-state index < -0.39 is 0 Å². The Labute approximate surface area is 116 Å².